The molecule has 0 aliphatic rings. The van der Waals surface area contributed by atoms with E-state index in [0.29, 0.717) is 0 Å². The van der Waals surface area contributed by atoms with E-state index in [-0.39, 0.29) is 0 Å². The Morgan fingerprint density at radius 3 is 2.00 bits per heavy atom. The van der Waals surface area contributed by atoms with Crippen molar-refractivity contribution in [3.05, 3.63) is 0 Å². The van der Waals surface area contributed by atoms with E-state index in [2.05, 4.69) is 32.5 Å². The molecule has 1 atom stereocenters. The van der Waals surface area contributed by atoms with Crippen LogP contribution in [0.1, 0.15) is 85.0 Å². The molecule has 1 unspecified atom stereocenters. The molecule has 0 radical (unpaired) electrons. The second-order valence-electron chi connectivity index (χ2n) is 4.94. The van der Waals surface area contributed by atoms with Crippen molar-refractivity contribution in [3.63, 3.8) is 0 Å². The highest BCUT2D eigenvalue weighted by Crippen LogP contribution is 2.19. The number of hydrogen-bond acceptors (Lipinski definition) is 1. The molecule has 0 bridgehead atoms. The van der Waals surface area contributed by atoms with Crippen molar-refractivity contribution in [2.75, 3.05) is 5.75 Å². The van der Waals surface area contributed by atoms with E-state index < -0.39 is 0 Å². The summed E-state index contributed by atoms with van der Waals surface area (Å²) in [5, 5.41) is 0.891. The predicted octanol–water partition coefficient (Wildman–Crippen LogP) is 6.05. The van der Waals surface area contributed by atoms with Gasteiger partial charge in [0.25, 0.3) is 0 Å². The van der Waals surface area contributed by atoms with Gasteiger partial charge in [-0.05, 0) is 18.6 Å². The Labute approximate surface area is 108 Å². The second-order valence-corrected chi connectivity index (χ2v) is 6.49. The van der Waals surface area contributed by atoms with Gasteiger partial charge < -0.3 is 0 Å². The van der Waals surface area contributed by atoms with Crippen molar-refractivity contribution >= 4 is 11.8 Å². The zero-order chi connectivity index (χ0) is 12.1. The maximum Gasteiger partial charge on any atom is 0.00187 e. The molecule has 0 nitrogen and oxygen atoms in total. The highest BCUT2D eigenvalue weighted by molar-refractivity contribution is 7.99. The number of unbranched alkanes of at least 4 members (excludes halogenated alkanes) is 7. The summed E-state index contributed by atoms with van der Waals surface area (Å²) in [6.07, 6.45) is 14.2. The van der Waals surface area contributed by atoms with Gasteiger partial charge >= 0.3 is 0 Å². The minimum atomic E-state index is 0.891. The molecule has 0 rings (SSSR count). The summed E-state index contributed by atoms with van der Waals surface area (Å²) in [7, 11) is 0. The Morgan fingerprint density at radius 2 is 1.31 bits per heavy atom. The topological polar surface area (TPSA) is 0 Å². The molecule has 0 fully saturated rings. The van der Waals surface area contributed by atoms with E-state index in [9.17, 15) is 0 Å². The zero-order valence-electron chi connectivity index (χ0n) is 11.8. The van der Waals surface area contributed by atoms with Gasteiger partial charge in [0.1, 0.15) is 0 Å². The highest BCUT2D eigenvalue weighted by Gasteiger charge is 2.01. The van der Waals surface area contributed by atoms with Gasteiger partial charge in [0.2, 0.25) is 0 Å². The third kappa shape index (κ3) is 12.4. The normalized spacial score (nSPS) is 12.9. The molecule has 0 aromatic carbocycles. The van der Waals surface area contributed by atoms with Crippen LogP contribution >= 0.6 is 11.8 Å². The molecule has 0 aromatic rings. The summed E-state index contributed by atoms with van der Waals surface area (Å²) in [5.41, 5.74) is 0. The lowest BCUT2D eigenvalue weighted by Gasteiger charge is -2.10. The molecular weight excluding hydrogens is 212 g/mol. The summed E-state index contributed by atoms with van der Waals surface area (Å²) in [6.45, 7) is 6.97. The standard InChI is InChI=1S/C15H32S/c1-4-6-8-9-10-12-14-16-15(3)13-11-7-5-2/h15H,4-14H2,1-3H3. The molecule has 0 N–H and O–H groups in total. The largest absolute Gasteiger partial charge is 0.159 e. The summed E-state index contributed by atoms with van der Waals surface area (Å²) < 4.78 is 0. The van der Waals surface area contributed by atoms with Crippen LogP contribution in [0.4, 0.5) is 0 Å². The van der Waals surface area contributed by atoms with Gasteiger partial charge in [-0.3, -0.25) is 0 Å². The van der Waals surface area contributed by atoms with Crippen molar-refractivity contribution < 1.29 is 0 Å². The van der Waals surface area contributed by atoms with Crippen LogP contribution in [0.5, 0.6) is 0 Å². The smallest absolute Gasteiger partial charge is 0.00187 e. The monoisotopic (exact) mass is 244 g/mol. The van der Waals surface area contributed by atoms with Gasteiger partial charge in [-0.2, -0.15) is 11.8 Å². The van der Waals surface area contributed by atoms with E-state index in [0.717, 1.165) is 5.25 Å². The third-order valence-corrected chi connectivity index (χ3v) is 4.44. The van der Waals surface area contributed by atoms with Crippen molar-refractivity contribution in [1.82, 2.24) is 0 Å². The first-order valence-electron chi connectivity index (χ1n) is 7.42. The minimum absolute atomic E-state index is 0.891. The maximum absolute atomic E-state index is 2.40. The molecule has 0 aliphatic heterocycles. The summed E-state index contributed by atoms with van der Waals surface area (Å²) in [5.74, 6) is 1.39. The number of rotatable bonds is 12. The average Bonchev–Trinajstić information content (AvgIpc) is 2.28. The van der Waals surface area contributed by atoms with Crippen LogP contribution in [0, 0.1) is 0 Å². The quantitative estimate of drug-likeness (QED) is 0.377. The molecule has 0 aliphatic carbocycles. The van der Waals surface area contributed by atoms with Gasteiger partial charge in [0.05, 0.1) is 0 Å². The van der Waals surface area contributed by atoms with Gasteiger partial charge in [-0.15, -0.1) is 0 Å². The van der Waals surface area contributed by atoms with Gasteiger partial charge in [-0.1, -0.05) is 72.1 Å². The van der Waals surface area contributed by atoms with Crippen molar-refractivity contribution in [1.29, 1.82) is 0 Å². The fraction of sp³-hybridized carbons (Fsp3) is 1.00. The van der Waals surface area contributed by atoms with Crippen LogP contribution < -0.4 is 0 Å². The second kappa shape index (κ2) is 13.4. The summed E-state index contributed by atoms with van der Waals surface area (Å²) in [4.78, 5) is 0. The molecule has 0 amide bonds. The Hall–Kier alpha value is 0.350. The van der Waals surface area contributed by atoms with Crippen molar-refractivity contribution in [2.24, 2.45) is 0 Å². The first-order chi connectivity index (χ1) is 7.81. The lowest BCUT2D eigenvalue weighted by Crippen LogP contribution is -1.97. The molecule has 16 heavy (non-hydrogen) atoms. The molecule has 0 heterocycles. The molecule has 0 saturated heterocycles. The predicted molar refractivity (Wildman–Crippen MR) is 79.4 cm³/mol. The first kappa shape index (κ1) is 16.4. The van der Waals surface area contributed by atoms with Crippen LogP contribution in [-0.4, -0.2) is 11.0 Å². The van der Waals surface area contributed by atoms with Crippen molar-refractivity contribution in [2.45, 2.75) is 90.2 Å². The van der Waals surface area contributed by atoms with Gasteiger partial charge in [0.15, 0.2) is 0 Å². The average molecular weight is 244 g/mol. The molecule has 98 valence electrons. The lowest BCUT2D eigenvalue weighted by molar-refractivity contribution is 0.625. The molecular formula is C15H32S. The highest BCUT2D eigenvalue weighted by atomic mass is 32.2. The third-order valence-electron chi connectivity index (χ3n) is 3.11. The zero-order valence-corrected chi connectivity index (χ0v) is 12.6. The molecule has 0 spiro atoms. The van der Waals surface area contributed by atoms with Crippen LogP contribution in [-0.2, 0) is 0 Å². The molecule has 0 aromatic heterocycles. The minimum Gasteiger partial charge on any atom is -0.159 e. The van der Waals surface area contributed by atoms with E-state index in [4.69, 9.17) is 0 Å². The maximum atomic E-state index is 2.40. The summed E-state index contributed by atoms with van der Waals surface area (Å²) >= 11 is 2.19. The SMILES string of the molecule is CCCCCCCCSC(C)CCCCC. The summed E-state index contributed by atoms with van der Waals surface area (Å²) in [6, 6.07) is 0. The Bertz CT molecular complexity index is 123. The van der Waals surface area contributed by atoms with E-state index in [1.54, 1.807) is 0 Å². The van der Waals surface area contributed by atoms with Crippen LogP contribution in [0.25, 0.3) is 0 Å². The fourth-order valence-corrected chi connectivity index (χ4v) is 3.04. The number of thioether (sulfide) groups is 1. The van der Waals surface area contributed by atoms with Gasteiger partial charge in [-0.25, -0.2) is 0 Å². The molecule has 1 heteroatoms. The number of hydrogen-bond donors (Lipinski definition) is 0. The van der Waals surface area contributed by atoms with Crippen LogP contribution in [0.3, 0.4) is 0 Å². The Balaban J connectivity index is 3.06. The Kier molecular flexibility index (Phi) is 13.7. The van der Waals surface area contributed by atoms with Crippen LogP contribution in [0.15, 0.2) is 0 Å². The fourth-order valence-electron chi connectivity index (χ4n) is 1.93. The Morgan fingerprint density at radius 1 is 0.750 bits per heavy atom. The van der Waals surface area contributed by atoms with Crippen molar-refractivity contribution in [3.8, 4) is 0 Å². The van der Waals surface area contributed by atoms with E-state index in [1.165, 1.54) is 70.0 Å². The first-order valence-corrected chi connectivity index (χ1v) is 8.47. The molecule has 0 saturated carbocycles. The van der Waals surface area contributed by atoms with E-state index >= 15 is 0 Å². The lowest BCUT2D eigenvalue weighted by atomic mass is 10.1. The van der Waals surface area contributed by atoms with E-state index in [1.807, 2.05) is 0 Å². The van der Waals surface area contributed by atoms with Gasteiger partial charge in [0, 0.05) is 5.25 Å². The van der Waals surface area contributed by atoms with Crippen LogP contribution in [0.2, 0.25) is 0 Å².